The molecule has 7 nitrogen and oxygen atoms in total. The van der Waals surface area contributed by atoms with Gasteiger partial charge in [-0.05, 0) is 44.7 Å². The summed E-state index contributed by atoms with van der Waals surface area (Å²) in [5.41, 5.74) is 10.2. The van der Waals surface area contributed by atoms with Crippen molar-refractivity contribution in [2.45, 2.75) is 40.0 Å². The fraction of sp³-hybridized carbons (Fsp3) is 0.474. The summed E-state index contributed by atoms with van der Waals surface area (Å²) in [6, 6.07) is 4.14. The van der Waals surface area contributed by atoms with Crippen LogP contribution in [-0.2, 0) is 11.2 Å². The number of aromatic nitrogens is 4. The topological polar surface area (TPSA) is 89.4 Å². The molecule has 1 aliphatic rings. The third-order valence-corrected chi connectivity index (χ3v) is 5.22. The second-order valence-electron chi connectivity index (χ2n) is 7.16. The third kappa shape index (κ3) is 2.67. The van der Waals surface area contributed by atoms with Gasteiger partial charge in [0.15, 0.2) is 11.3 Å². The van der Waals surface area contributed by atoms with Crippen molar-refractivity contribution in [1.29, 1.82) is 0 Å². The molecule has 1 atom stereocenters. The number of aryl methyl sites for hydroxylation is 3. The molecule has 7 heteroatoms. The first kappa shape index (κ1) is 16.8. The van der Waals surface area contributed by atoms with Gasteiger partial charge in [0.1, 0.15) is 5.82 Å². The molecular weight excluding hydrogens is 328 g/mol. The number of hydrogen-bond acceptors (Lipinski definition) is 5. The maximum Gasteiger partial charge on any atom is 0.222 e. The van der Waals surface area contributed by atoms with Crippen LogP contribution in [0.4, 0.5) is 5.82 Å². The van der Waals surface area contributed by atoms with Crippen molar-refractivity contribution >= 4 is 28.4 Å². The molecule has 136 valence electrons. The van der Waals surface area contributed by atoms with Gasteiger partial charge in [-0.2, -0.15) is 4.52 Å². The Hall–Kier alpha value is -2.70. The van der Waals surface area contributed by atoms with Crippen molar-refractivity contribution in [3.05, 3.63) is 29.1 Å². The van der Waals surface area contributed by atoms with Gasteiger partial charge in [0.25, 0.3) is 0 Å². The summed E-state index contributed by atoms with van der Waals surface area (Å²) in [7, 11) is 0. The van der Waals surface area contributed by atoms with Crippen LogP contribution >= 0.6 is 0 Å². The number of pyridine rings is 1. The molecule has 4 heterocycles. The monoisotopic (exact) mass is 352 g/mol. The summed E-state index contributed by atoms with van der Waals surface area (Å²) in [6.45, 7) is 7.65. The minimum atomic E-state index is -0.227. The Kier molecular flexibility index (Phi) is 4.01. The van der Waals surface area contributed by atoms with E-state index in [-0.39, 0.29) is 11.8 Å². The quantitative estimate of drug-likeness (QED) is 0.780. The van der Waals surface area contributed by atoms with E-state index in [0.29, 0.717) is 12.2 Å². The molecule has 26 heavy (non-hydrogen) atoms. The van der Waals surface area contributed by atoms with Gasteiger partial charge >= 0.3 is 0 Å². The number of rotatable bonds is 3. The van der Waals surface area contributed by atoms with Crippen molar-refractivity contribution < 1.29 is 4.79 Å². The van der Waals surface area contributed by atoms with E-state index < -0.39 is 0 Å². The van der Waals surface area contributed by atoms with Gasteiger partial charge in [0, 0.05) is 30.5 Å². The fourth-order valence-corrected chi connectivity index (χ4v) is 3.88. The number of amides is 1. The number of nitrogens with zero attached hydrogens (tertiary/aromatic N) is 5. The Morgan fingerprint density at radius 2 is 2.12 bits per heavy atom. The molecule has 1 aliphatic heterocycles. The number of anilines is 1. The van der Waals surface area contributed by atoms with Gasteiger partial charge in [0.05, 0.1) is 11.3 Å². The fourth-order valence-electron chi connectivity index (χ4n) is 3.88. The normalized spacial score (nSPS) is 18.0. The highest BCUT2D eigenvalue weighted by atomic mass is 16.1. The van der Waals surface area contributed by atoms with Gasteiger partial charge in [-0.15, -0.1) is 5.10 Å². The molecule has 0 aliphatic carbocycles. The number of primary amides is 1. The summed E-state index contributed by atoms with van der Waals surface area (Å²) < 4.78 is 1.88. The third-order valence-electron chi connectivity index (χ3n) is 5.22. The Balaban J connectivity index is 1.93. The van der Waals surface area contributed by atoms with Crippen molar-refractivity contribution in [2.75, 3.05) is 18.0 Å². The smallest absolute Gasteiger partial charge is 0.222 e. The highest BCUT2D eigenvalue weighted by Crippen LogP contribution is 2.29. The summed E-state index contributed by atoms with van der Waals surface area (Å²) in [6.07, 6.45) is 2.62. The molecule has 0 unspecified atom stereocenters. The number of fused-ring (bicyclic) bond motifs is 3. The molecule has 0 bridgehead atoms. The maximum absolute atomic E-state index is 11.7. The van der Waals surface area contributed by atoms with Crippen LogP contribution in [0.5, 0.6) is 0 Å². The van der Waals surface area contributed by atoms with E-state index in [1.807, 2.05) is 11.4 Å². The zero-order valence-electron chi connectivity index (χ0n) is 15.5. The van der Waals surface area contributed by atoms with Crippen LogP contribution in [0.25, 0.3) is 16.7 Å². The van der Waals surface area contributed by atoms with Gasteiger partial charge in [0.2, 0.25) is 5.91 Å². The number of nitrogens with two attached hydrogens (primary N) is 1. The van der Waals surface area contributed by atoms with Crippen LogP contribution in [0, 0.1) is 19.8 Å². The van der Waals surface area contributed by atoms with Crippen molar-refractivity contribution in [3.8, 4) is 0 Å². The molecule has 1 fully saturated rings. The van der Waals surface area contributed by atoms with E-state index in [2.05, 4.69) is 35.9 Å². The Morgan fingerprint density at radius 1 is 1.31 bits per heavy atom. The number of carbonyl (C=O) groups is 1. The molecule has 1 amide bonds. The Morgan fingerprint density at radius 3 is 2.85 bits per heavy atom. The van der Waals surface area contributed by atoms with Gasteiger partial charge in [-0.1, -0.05) is 6.92 Å². The first-order valence-electron chi connectivity index (χ1n) is 9.18. The average Bonchev–Trinajstić information content (AvgIpc) is 2.99. The molecule has 2 N–H and O–H groups in total. The molecule has 1 saturated heterocycles. The SMILES string of the molecule is CCc1cc(N2CCC[C@H](C(N)=O)C2)n2nc3nc(C)cc(C)c3c2n1. The highest BCUT2D eigenvalue weighted by Gasteiger charge is 2.26. The van der Waals surface area contributed by atoms with Crippen LogP contribution in [0.2, 0.25) is 0 Å². The molecule has 3 aromatic rings. The van der Waals surface area contributed by atoms with Crippen LogP contribution in [0.1, 0.15) is 36.7 Å². The van der Waals surface area contributed by atoms with E-state index in [1.165, 1.54) is 0 Å². The van der Waals surface area contributed by atoms with Gasteiger partial charge in [-0.3, -0.25) is 4.79 Å². The maximum atomic E-state index is 11.7. The van der Waals surface area contributed by atoms with E-state index in [9.17, 15) is 4.79 Å². The number of carbonyl (C=O) groups excluding carboxylic acids is 1. The molecule has 3 aromatic heterocycles. The molecule has 0 radical (unpaired) electrons. The molecule has 0 saturated carbocycles. The van der Waals surface area contributed by atoms with Gasteiger partial charge in [-0.25, -0.2) is 9.97 Å². The van der Waals surface area contributed by atoms with Crippen LogP contribution < -0.4 is 10.6 Å². The summed E-state index contributed by atoms with van der Waals surface area (Å²) >= 11 is 0. The Labute approximate surface area is 152 Å². The lowest BCUT2D eigenvalue weighted by Gasteiger charge is -2.33. The first-order valence-corrected chi connectivity index (χ1v) is 9.18. The lowest BCUT2D eigenvalue weighted by molar-refractivity contribution is -0.122. The molecule has 0 aromatic carbocycles. The predicted molar refractivity (Wildman–Crippen MR) is 101 cm³/mol. The minimum absolute atomic E-state index is 0.121. The minimum Gasteiger partial charge on any atom is -0.369 e. The van der Waals surface area contributed by atoms with Crippen molar-refractivity contribution in [1.82, 2.24) is 19.6 Å². The van der Waals surface area contributed by atoms with Crippen LogP contribution in [0.15, 0.2) is 12.1 Å². The second-order valence-corrected chi connectivity index (χ2v) is 7.16. The van der Waals surface area contributed by atoms with E-state index >= 15 is 0 Å². The molecular formula is C19H24N6O. The predicted octanol–water partition coefficient (Wildman–Crippen LogP) is 2.16. The van der Waals surface area contributed by atoms with Crippen molar-refractivity contribution in [2.24, 2.45) is 11.7 Å². The lowest BCUT2D eigenvalue weighted by atomic mass is 9.97. The second kappa shape index (κ2) is 6.23. The lowest BCUT2D eigenvalue weighted by Crippen LogP contribution is -2.42. The summed E-state index contributed by atoms with van der Waals surface area (Å²) in [5.74, 6) is 0.617. The Bertz CT molecular complexity index is 1010. The van der Waals surface area contributed by atoms with Crippen LogP contribution in [0.3, 0.4) is 0 Å². The molecule has 0 spiro atoms. The van der Waals surface area contributed by atoms with Gasteiger partial charge < -0.3 is 10.6 Å². The average molecular weight is 352 g/mol. The van der Waals surface area contributed by atoms with Crippen LogP contribution in [-0.4, -0.2) is 38.6 Å². The molecule has 4 rings (SSSR count). The first-order chi connectivity index (χ1) is 12.5. The van der Waals surface area contributed by atoms with E-state index in [4.69, 9.17) is 15.8 Å². The van der Waals surface area contributed by atoms with E-state index in [0.717, 1.165) is 59.6 Å². The highest BCUT2D eigenvalue weighted by molar-refractivity contribution is 5.93. The summed E-state index contributed by atoms with van der Waals surface area (Å²) in [4.78, 5) is 23.3. The zero-order chi connectivity index (χ0) is 18.4. The van der Waals surface area contributed by atoms with Crippen molar-refractivity contribution in [3.63, 3.8) is 0 Å². The standard InChI is InChI=1S/C19H24N6O/c1-4-14-9-15(24-7-5-6-13(10-24)17(20)26)25-19(22-14)16-11(2)8-12(3)21-18(16)23-25/h8-9,13H,4-7,10H2,1-3H3,(H2,20,26)/t13-/m0/s1. The largest absolute Gasteiger partial charge is 0.369 e. The summed E-state index contributed by atoms with van der Waals surface area (Å²) in [5, 5.41) is 5.74. The zero-order valence-corrected chi connectivity index (χ0v) is 15.5. The number of piperidine rings is 1. The number of hydrogen-bond donors (Lipinski definition) is 1. The van der Waals surface area contributed by atoms with E-state index in [1.54, 1.807) is 0 Å².